The summed E-state index contributed by atoms with van der Waals surface area (Å²) in [6, 6.07) is 21.3. The Kier molecular flexibility index (Phi) is 6.07. The van der Waals surface area contributed by atoms with E-state index >= 15 is 0 Å². The van der Waals surface area contributed by atoms with Gasteiger partial charge in [-0.25, -0.2) is 9.59 Å². The number of hydrogen-bond donors (Lipinski definition) is 1. The molecule has 5 nitrogen and oxygen atoms in total. The van der Waals surface area contributed by atoms with Crippen molar-refractivity contribution in [3.8, 4) is 16.9 Å². The molecule has 142 valence electrons. The van der Waals surface area contributed by atoms with Crippen LogP contribution in [0.25, 0.3) is 11.1 Å². The zero-order valence-electron chi connectivity index (χ0n) is 15.4. The molecule has 0 radical (unpaired) electrons. The second-order valence-corrected chi connectivity index (χ2v) is 6.06. The number of ether oxygens (including phenoxy) is 2. The summed E-state index contributed by atoms with van der Waals surface area (Å²) in [6.07, 6.45) is 0. The first-order chi connectivity index (χ1) is 13.6. The minimum absolute atomic E-state index is 0.0331. The van der Waals surface area contributed by atoms with Gasteiger partial charge >= 0.3 is 11.9 Å². The number of carbonyl (C=O) groups is 2. The van der Waals surface area contributed by atoms with E-state index in [1.54, 1.807) is 37.3 Å². The lowest BCUT2D eigenvalue weighted by molar-refractivity contribution is 0.0527. The normalized spacial score (nSPS) is 10.3. The van der Waals surface area contributed by atoms with Crippen LogP contribution in [0.1, 0.15) is 33.2 Å². The molecule has 3 aromatic rings. The summed E-state index contributed by atoms with van der Waals surface area (Å²) in [7, 11) is 0. The Labute approximate surface area is 163 Å². The van der Waals surface area contributed by atoms with Crippen molar-refractivity contribution >= 4 is 11.9 Å². The third kappa shape index (κ3) is 4.38. The number of carboxylic acids is 1. The van der Waals surface area contributed by atoms with E-state index in [2.05, 4.69) is 0 Å². The molecule has 0 saturated heterocycles. The van der Waals surface area contributed by atoms with E-state index in [-0.39, 0.29) is 17.7 Å². The Bertz CT molecular complexity index is 979. The molecule has 0 aromatic heterocycles. The van der Waals surface area contributed by atoms with Crippen LogP contribution in [0.4, 0.5) is 0 Å². The largest absolute Gasteiger partial charge is 0.489 e. The van der Waals surface area contributed by atoms with Gasteiger partial charge in [0.1, 0.15) is 12.4 Å². The minimum Gasteiger partial charge on any atom is -0.489 e. The van der Waals surface area contributed by atoms with Gasteiger partial charge in [0.2, 0.25) is 0 Å². The second-order valence-electron chi connectivity index (χ2n) is 6.06. The van der Waals surface area contributed by atoms with E-state index < -0.39 is 11.9 Å². The number of carboxylic acid groups (broad SMARTS) is 1. The molecule has 0 heterocycles. The van der Waals surface area contributed by atoms with Crippen LogP contribution in [0.5, 0.6) is 5.75 Å². The molecule has 5 heteroatoms. The predicted octanol–water partition coefficient (Wildman–Crippen LogP) is 4.81. The fourth-order valence-corrected chi connectivity index (χ4v) is 2.90. The highest BCUT2D eigenvalue weighted by molar-refractivity contribution is 6.05. The third-order valence-electron chi connectivity index (χ3n) is 4.16. The summed E-state index contributed by atoms with van der Waals surface area (Å²) in [5.41, 5.74) is 2.16. The van der Waals surface area contributed by atoms with Crippen molar-refractivity contribution in [3.05, 3.63) is 89.5 Å². The van der Waals surface area contributed by atoms with E-state index in [4.69, 9.17) is 9.47 Å². The zero-order valence-corrected chi connectivity index (χ0v) is 15.4. The summed E-state index contributed by atoms with van der Waals surface area (Å²) >= 11 is 0. The fourth-order valence-electron chi connectivity index (χ4n) is 2.90. The molecule has 3 rings (SSSR count). The van der Waals surface area contributed by atoms with Gasteiger partial charge in [-0.2, -0.15) is 0 Å². The maximum Gasteiger partial charge on any atom is 0.338 e. The molecule has 0 bridgehead atoms. The average molecular weight is 376 g/mol. The second kappa shape index (κ2) is 8.86. The molecule has 0 aliphatic carbocycles. The molecule has 3 aromatic carbocycles. The molecular formula is C23H20O5. The maximum absolute atomic E-state index is 12.4. The first kappa shape index (κ1) is 19.2. The van der Waals surface area contributed by atoms with Crippen molar-refractivity contribution in [2.24, 2.45) is 0 Å². The zero-order chi connectivity index (χ0) is 19.9. The highest BCUT2D eigenvalue weighted by Gasteiger charge is 2.21. The SMILES string of the molecule is CCOC(=O)c1cccc(C(=O)O)c1-c1cccc(OCc2ccccc2)c1. The summed E-state index contributed by atoms with van der Waals surface area (Å²) in [6.45, 7) is 2.29. The topological polar surface area (TPSA) is 72.8 Å². The van der Waals surface area contributed by atoms with Crippen molar-refractivity contribution in [2.45, 2.75) is 13.5 Å². The Balaban J connectivity index is 1.98. The van der Waals surface area contributed by atoms with Crippen LogP contribution in [-0.2, 0) is 11.3 Å². The van der Waals surface area contributed by atoms with Crippen LogP contribution in [0.2, 0.25) is 0 Å². The quantitative estimate of drug-likeness (QED) is 0.599. The molecule has 0 amide bonds. The van der Waals surface area contributed by atoms with Gasteiger partial charge in [-0.15, -0.1) is 0 Å². The van der Waals surface area contributed by atoms with Crippen molar-refractivity contribution in [2.75, 3.05) is 6.61 Å². The molecule has 0 unspecified atom stereocenters. The van der Waals surface area contributed by atoms with Gasteiger partial charge in [0.25, 0.3) is 0 Å². The first-order valence-corrected chi connectivity index (χ1v) is 8.90. The van der Waals surface area contributed by atoms with Gasteiger partial charge in [0.15, 0.2) is 0 Å². The van der Waals surface area contributed by atoms with E-state index in [1.165, 1.54) is 12.1 Å². The van der Waals surface area contributed by atoms with Gasteiger partial charge in [-0.05, 0) is 42.3 Å². The monoisotopic (exact) mass is 376 g/mol. The summed E-state index contributed by atoms with van der Waals surface area (Å²) in [5, 5.41) is 9.60. The molecule has 28 heavy (non-hydrogen) atoms. The lowest BCUT2D eigenvalue weighted by Crippen LogP contribution is -2.10. The van der Waals surface area contributed by atoms with Crippen molar-refractivity contribution in [1.82, 2.24) is 0 Å². The third-order valence-corrected chi connectivity index (χ3v) is 4.16. The number of benzene rings is 3. The smallest absolute Gasteiger partial charge is 0.338 e. The highest BCUT2D eigenvalue weighted by atomic mass is 16.5. The van der Waals surface area contributed by atoms with Gasteiger partial charge in [0, 0.05) is 5.56 Å². The lowest BCUT2D eigenvalue weighted by atomic mass is 9.94. The Morgan fingerprint density at radius 2 is 1.61 bits per heavy atom. The van der Waals surface area contributed by atoms with Crippen LogP contribution < -0.4 is 4.74 Å². The van der Waals surface area contributed by atoms with E-state index in [0.29, 0.717) is 23.5 Å². The standard InChI is InChI=1S/C23H20O5/c1-2-27-23(26)20-13-7-12-19(22(24)25)21(20)17-10-6-11-18(14-17)28-15-16-8-4-3-5-9-16/h3-14H,2,15H2,1H3,(H,24,25). The van der Waals surface area contributed by atoms with Crippen LogP contribution in [0, 0.1) is 0 Å². The van der Waals surface area contributed by atoms with E-state index in [0.717, 1.165) is 5.56 Å². The minimum atomic E-state index is -1.11. The predicted molar refractivity (Wildman–Crippen MR) is 106 cm³/mol. The van der Waals surface area contributed by atoms with Gasteiger partial charge < -0.3 is 14.6 Å². The number of rotatable bonds is 7. The van der Waals surface area contributed by atoms with Crippen LogP contribution in [0.3, 0.4) is 0 Å². The average Bonchev–Trinajstić information content (AvgIpc) is 2.73. The van der Waals surface area contributed by atoms with Crippen LogP contribution >= 0.6 is 0 Å². The van der Waals surface area contributed by atoms with Gasteiger partial charge in [-0.3, -0.25) is 0 Å². The Morgan fingerprint density at radius 1 is 0.893 bits per heavy atom. The molecule has 1 N–H and O–H groups in total. The number of aromatic carboxylic acids is 1. The molecule has 0 aliphatic rings. The molecule has 0 fully saturated rings. The van der Waals surface area contributed by atoms with Gasteiger partial charge in [-0.1, -0.05) is 48.5 Å². The van der Waals surface area contributed by atoms with Crippen molar-refractivity contribution in [3.63, 3.8) is 0 Å². The van der Waals surface area contributed by atoms with Crippen molar-refractivity contribution < 1.29 is 24.2 Å². The molecular weight excluding hydrogens is 356 g/mol. The summed E-state index contributed by atoms with van der Waals surface area (Å²) in [5.74, 6) is -1.09. The number of esters is 1. The van der Waals surface area contributed by atoms with Crippen molar-refractivity contribution in [1.29, 1.82) is 0 Å². The van der Waals surface area contributed by atoms with E-state index in [9.17, 15) is 14.7 Å². The fraction of sp³-hybridized carbons (Fsp3) is 0.130. The first-order valence-electron chi connectivity index (χ1n) is 8.90. The maximum atomic E-state index is 12.4. The van der Waals surface area contributed by atoms with E-state index in [1.807, 2.05) is 30.3 Å². The molecule has 0 aliphatic heterocycles. The summed E-state index contributed by atoms with van der Waals surface area (Å²) in [4.78, 5) is 24.1. The highest BCUT2D eigenvalue weighted by Crippen LogP contribution is 2.31. The Morgan fingerprint density at radius 3 is 2.32 bits per heavy atom. The number of carbonyl (C=O) groups excluding carboxylic acids is 1. The molecule has 0 saturated carbocycles. The Hall–Kier alpha value is -3.60. The molecule has 0 atom stereocenters. The molecule has 0 spiro atoms. The summed E-state index contributed by atoms with van der Waals surface area (Å²) < 4.78 is 10.9. The van der Waals surface area contributed by atoms with Crippen LogP contribution in [0.15, 0.2) is 72.8 Å². The van der Waals surface area contributed by atoms with Gasteiger partial charge in [0.05, 0.1) is 17.7 Å². The number of hydrogen-bond acceptors (Lipinski definition) is 4. The lowest BCUT2D eigenvalue weighted by Gasteiger charge is -2.14. The van der Waals surface area contributed by atoms with Crippen LogP contribution in [-0.4, -0.2) is 23.7 Å².